The number of amides is 1. The first-order valence-corrected chi connectivity index (χ1v) is 9.77. The molecule has 2 aliphatic heterocycles. The van der Waals surface area contributed by atoms with Crippen LogP contribution in [0.3, 0.4) is 0 Å². The molecule has 1 amide bonds. The van der Waals surface area contributed by atoms with Crippen molar-refractivity contribution in [2.45, 2.75) is 19.3 Å². The summed E-state index contributed by atoms with van der Waals surface area (Å²) in [6.07, 6.45) is 6.82. The summed E-state index contributed by atoms with van der Waals surface area (Å²) in [5, 5.41) is 0. The second-order valence-electron chi connectivity index (χ2n) is 7.28. The van der Waals surface area contributed by atoms with E-state index in [-0.39, 0.29) is 5.91 Å². The van der Waals surface area contributed by atoms with E-state index in [0.717, 1.165) is 44.1 Å². The van der Waals surface area contributed by atoms with Crippen LogP contribution < -0.4 is 4.90 Å². The van der Waals surface area contributed by atoms with Crippen molar-refractivity contribution < 1.29 is 9.53 Å². The van der Waals surface area contributed by atoms with Crippen molar-refractivity contribution in [1.29, 1.82) is 0 Å². The Kier molecular flexibility index (Phi) is 5.63. The lowest BCUT2D eigenvalue weighted by Crippen LogP contribution is -2.41. The van der Waals surface area contributed by atoms with Gasteiger partial charge in [0.1, 0.15) is 11.5 Å². The SMILES string of the molecule is O=C(c1cnc(N2CCC(Cc3ccccc3)CC2)cn1)N1CCOCC1. The zero-order valence-corrected chi connectivity index (χ0v) is 15.6. The van der Waals surface area contributed by atoms with Gasteiger partial charge in [0.05, 0.1) is 25.6 Å². The van der Waals surface area contributed by atoms with Crippen LogP contribution in [0.5, 0.6) is 0 Å². The maximum Gasteiger partial charge on any atom is 0.274 e. The highest BCUT2D eigenvalue weighted by atomic mass is 16.5. The molecule has 0 saturated carbocycles. The molecule has 3 heterocycles. The van der Waals surface area contributed by atoms with Gasteiger partial charge in [0.2, 0.25) is 0 Å². The summed E-state index contributed by atoms with van der Waals surface area (Å²) < 4.78 is 5.29. The fraction of sp³-hybridized carbons (Fsp3) is 0.476. The van der Waals surface area contributed by atoms with Gasteiger partial charge in [-0.25, -0.2) is 9.97 Å². The van der Waals surface area contributed by atoms with Crippen molar-refractivity contribution in [1.82, 2.24) is 14.9 Å². The number of carbonyl (C=O) groups is 1. The first kappa shape index (κ1) is 17.9. The lowest BCUT2D eigenvalue weighted by molar-refractivity contribution is 0.0298. The standard InChI is InChI=1S/C21H26N4O2/c26-21(25-10-12-27-13-11-25)19-15-23-20(16-22-19)24-8-6-18(7-9-24)14-17-4-2-1-3-5-17/h1-5,15-16,18H,6-14H2. The fourth-order valence-electron chi connectivity index (χ4n) is 3.84. The van der Waals surface area contributed by atoms with Gasteiger partial charge in [0.15, 0.2) is 0 Å². The number of anilines is 1. The third kappa shape index (κ3) is 4.45. The lowest BCUT2D eigenvalue weighted by atomic mass is 9.90. The van der Waals surface area contributed by atoms with Gasteiger partial charge in [-0.05, 0) is 30.7 Å². The molecule has 1 aromatic heterocycles. The molecule has 0 radical (unpaired) electrons. The number of piperidine rings is 1. The van der Waals surface area contributed by atoms with E-state index in [1.807, 2.05) is 0 Å². The van der Waals surface area contributed by atoms with Crippen molar-refractivity contribution in [3.63, 3.8) is 0 Å². The number of ether oxygens (including phenoxy) is 1. The van der Waals surface area contributed by atoms with Crippen molar-refractivity contribution in [2.24, 2.45) is 5.92 Å². The molecule has 2 aromatic rings. The van der Waals surface area contributed by atoms with E-state index in [1.54, 1.807) is 17.3 Å². The lowest BCUT2D eigenvalue weighted by Gasteiger charge is -2.32. The first-order chi connectivity index (χ1) is 13.3. The molecule has 142 valence electrons. The van der Waals surface area contributed by atoms with Gasteiger partial charge in [-0.2, -0.15) is 0 Å². The van der Waals surface area contributed by atoms with Gasteiger partial charge < -0.3 is 14.5 Å². The monoisotopic (exact) mass is 366 g/mol. The van der Waals surface area contributed by atoms with Crippen LogP contribution in [0.4, 0.5) is 5.82 Å². The summed E-state index contributed by atoms with van der Waals surface area (Å²) in [4.78, 5) is 25.4. The molecule has 0 spiro atoms. The van der Waals surface area contributed by atoms with Crippen LogP contribution in [0.2, 0.25) is 0 Å². The van der Waals surface area contributed by atoms with Gasteiger partial charge in [0.25, 0.3) is 5.91 Å². The minimum Gasteiger partial charge on any atom is -0.378 e. The molecule has 2 fully saturated rings. The predicted octanol–water partition coefficient (Wildman–Crippen LogP) is 2.41. The average molecular weight is 366 g/mol. The van der Waals surface area contributed by atoms with Crippen LogP contribution in [0.25, 0.3) is 0 Å². The zero-order chi connectivity index (χ0) is 18.5. The molecule has 0 N–H and O–H groups in total. The maximum absolute atomic E-state index is 12.5. The highest BCUT2D eigenvalue weighted by Crippen LogP contribution is 2.24. The van der Waals surface area contributed by atoms with Crippen LogP contribution in [-0.2, 0) is 11.2 Å². The molecule has 0 unspecified atom stereocenters. The third-order valence-electron chi connectivity index (χ3n) is 5.46. The molecular weight excluding hydrogens is 340 g/mol. The Balaban J connectivity index is 1.31. The smallest absolute Gasteiger partial charge is 0.274 e. The normalized spacial score (nSPS) is 18.5. The average Bonchev–Trinajstić information content (AvgIpc) is 2.75. The van der Waals surface area contributed by atoms with Crippen molar-refractivity contribution >= 4 is 11.7 Å². The van der Waals surface area contributed by atoms with E-state index < -0.39 is 0 Å². The zero-order valence-electron chi connectivity index (χ0n) is 15.6. The van der Waals surface area contributed by atoms with Crippen molar-refractivity contribution in [2.75, 3.05) is 44.3 Å². The maximum atomic E-state index is 12.5. The van der Waals surface area contributed by atoms with Crippen molar-refractivity contribution in [3.8, 4) is 0 Å². The molecule has 0 bridgehead atoms. The number of nitrogens with zero attached hydrogens (tertiary/aromatic N) is 4. The number of rotatable bonds is 4. The molecule has 6 heteroatoms. The Labute approximate surface area is 160 Å². The first-order valence-electron chi connectivity index (χ1n) is 9.77. The summed E-state index contributed by atoms with van der Waals surface area (Å²) in [6, 6.07) is 10.7. The fourth-order valence-corrected chi connectivity index (χ4v) is 3.84. The van der Waals surface area contributed by atoms with E-state index >= 15 is 0 Å². The Morgan fingerprint density at radius 3 is 2.41 bits per heavy atom. The van der Waals surface area contributed by atoms with Gasteiger partial charge >= 0.3 is 0 Å². The molecule has 0 atom stereocenters. The second kappa shape index (κ2) is 8.48. The van der Waals surface area contributed by atoms with Gasteiger partial charge in [-0.1, -0.05) is 30.3 Å². The number of hydrogen-bond acceptors (Lipinski definition) is 5. The van der Waals surface area contributed by atoms with Crippen LogP contribution in [-0.4, -0.2) is 60.2 Å². The number of benzene rings is 1. The molecule has 0 aliphatic carbocycles. The molecule has 2 aliphatic rings. The summed E-state index contributed by atoms with van der Waals surface area (Å²) in [5.41, 5.74) is 1.83. The van der Waals surface area contributed by atoms with Crippen LogP contribution in [0.1, 0.15) is 28.9 Å². The predicted molar refractivity (Wildman–Crippen MR) is 104 cm³/mol. The summed E-state index contributed by atoms with van der Waals surface area (Å²) >= 11 is 0. The molecular formula is C21H26N4O2. The topological polar surface area (TPSA) is 58.6 Å². The minimum absolute atomic E-state index is 0.0566. The van der Waals surface area contributed by atoms with Gasteiger partial charge in [0, 0.05) is 26.2 Å². The molecule has 2 saturated heterocycles. The van der Waals surface area contributed by atoms with Crippen LogP contribution >= 0.6 is 0 Å². The van der Waals surface area contributed by atoms with E-state index in [1.165, 1.54) is 5.56 Å². The molecule has 1 aromatic carbocycles. The summed E-state index contributed by atoms with van der Waals surface area (Å²) in [6.45, 7) is 4.41. The Morgan fingerprint density at radius 1 is 1.00 bits per heavy atom. The molecule has 27 heavy (non-hydrogen) atoms. The number of carbonyl (C=O) groups excluding carboxylic acids is 1. The van der Waals surface area contributed by atoms with Crippen LogP contribution in [0.15, 0.2) is 42.7 Å². The highest BCUT2D eigenvalue weighted by molar-refractivity contribution is 5.92. The highest BCUT2D eigenvalue weighted by Gasteiger charge is 2.23. The summed E-state index contributed by atoms with van der Waals surface area (Å²) in [5.74, 6) is 1.53. The Bertz CT molecular complexity index is 737. The van der Waals surface area contributed by atoms with Crippen LogP contribution in [0, 0.1) is 5.92 Å². The Morgan fingerprint density at radius 2 is 1.74 bits per heavy atom. The Hall–Kier alpha value is -2.47. The largest absolute Gasteiger partial charge is 0.378 e. The second-order valence-corrected chi connectivity index (χ2v) is 7.28. The summed E-state index contributed by atoms with van der Waals surface area (Å²) in [7, 11) is 0. The van der Waals surface area contributed by atoms with E-state index in [4.69, 9.17) is 4.74 Å². The molecule has 4 rings (SSSR count). The quantitative estimate of drug-likeness (QED) is 0.832. The molecule has 6 nitrogen and oxygen atoms in total. The van der Waals surface area contributed by atoms with E-state index in [9.17, 15) is 4.79 Å². The minimum atomic E-state index is -0.0566. The van der Waals surface area contributed by atoms with Gasteiger partial charge in [-0.3, -0.25) is 4.79 Å². The van der Waals surface area contributed by atoms with Gasteiger partial charge in [-0.15, -0.1) is 0 Å². The van der Waals surface area contributed by atoms with E-state index in [0.29, 0.717) is 32.0 Å². The van der Waals surface area contributed by atoms with E-state index in [2.05, 4.69) is 45.2 Å². The number of morpholine rings is 1. The number of hydrogen-bond donors (Lipinski definition) is 0. The number of aromatic nitrogens is 2. The van der Waals surface area contributed by atoms with Crippen molar-refractivity contribution in [3.05, 3.63) is 54.0 Å². The third-order valence-corrected chi connectivity index (χ3v) is 5.46.